The van der Waals surface area contributed by atoms with E-state index in [0.717, 1.165) is 38.8 Å². The average Bonchev–Trinajstić information content (AvgIpc) is 3.26. The van der Waals surface area contributed by atoms with E-state index in [1.165, 1.54) is 17.7 Å². The Morgan fingerprint density at radius 1 is 1.16 bits per heavy atom. The van der Waals surface area contributed by atoms with E-state index in [2.05, 4.69) is 35.7 Å². The van der Waals surface area contributed by atoms with Crippen molar-refractivity contribution in [2.75, 3.05) is 24.4 Å². The maximum absolute atomic E-state index is 12.9. The van der Waals surface area contributed by atoms with Gasteiger partial charge < -0.3 is 10.2 Å². The number of hydrogen-bond donors (Lipinski definition) is 2. The second-order valence-electron chi connectivity index (χ2n) is 8.89. The van der Waals surface area contributed by atoms with Crippen LogP contribution in [-0.4, -0.2) is 44.9 Å². The highest BCUT2D eigenvalue weighted by Crippen LogP contribution is 2.20. The highest BCUT2D eigenvalue weighted by Gasteiger charge is 2.24. The van der Waals surface area contributed by atoms with Gasteiger partial charge in [-0.2, -0.15) is 0 Å². The summed E-state index contributed by atoms with van der Waals surface area (Å²) >= 11 is 0. The number of likely N-dealkylation sites (tertiary alicyclic amines) is 1. The second-order valence-corrected chi connectivity index (χ2v) is 10.6. The van der Waals surface area contributed by atoms with Gasteiger partial charge in [-0.1, -0.05) is 31.5 Å². The lowest BCUT2D eigenvalue weighted by Gasteiger charge is -2.20. The van der Waals surface area contributed by atoms with Gasteiger partial charge in [0.2, 0.25) is 0 Å². The van der Waals surface area contributed by atoms with E-state index in [1.807, 2.05) is 12.1 Å². The van der Waals surface area contributed by atoms with E-state index >= 15 is 0 Å². The lowest BCUT2D eigenvalue weighted by atomic mass is 10.1. The molecule has 0 saturated carbocycles. The molecule has 1 saturated heterocycles. The zero-order chi connectivity index (χ0) is 23.1. The lowest BCUT2D eigenvalue weighted by Crippen LogP contribution is -2.33. The first kappa shape index (κ1) is 24.3. The number of anilines is 1. The van der Waals surface area contributed by atoms with Crippen molar-refractivity contribution < 1.29 is 13.2 Å². The molecule has 3 rings (SSSR count). The topological polar surface area (TPSA) is 78.5 Å². The smallest absolute Gasteiger partial charge is 0.261 e. The van der Waals surface area contributed by atoms with Gasteiger partial charge in [-0.05, 0) is 81.5 Å². The highest BCUT2D eigenvalue weighted by molar-refractivity contribution is 7.92. The first-order valence-electron chi connectivity index (χ1n) is 11.5. The van der Waals surface area contributed by atoms with Crippen molar-refractivity contribution in [1.82, 2.24) is 10.2 Å². The van der Waals surface area contributed by atoms with E-state index in [-0.39, 0.29) is 10.8 Å². The Bertz CT molecular complexity index is 1000. The van der Waals surface area contributed by atoms with Crippen molar-refractivity contribution in [3.05, 3.63) is 59.7 Å². The molecule has 174 valence electrons. The van der Waals surface area contributed by atoms with Gasteiger partial charge in [0.15, 0.2) is 0 Å². The van der Waals surface area contributed by atoms with Crippen molar-refractivity contribution in [2.24, 2.45) is 5.92 Å². The molecule has 0 aliphatic carbocycles. The molecular formula is C25H35N3O3S. The summed E-state index contributed by atoms with van der Waals surface area (Å²) in [5.41, 5.74) is 2.05. The Morgan fingerprint density at radius 2 is 1.91 bits per heavy atom. The highest BCUT2D eigenvalue weighted by atomic mass is 32.2. The third kappa shape index (κ3) is 6.56. The average molecular weight is 458 g/mol. The molecule has 1 aliphatic rings. The van der Waals surface area contributed by atoms with Gasteiger partial charge in [-0.15, -0.1) is 0 Å². The molecule has 2 aromatic carbocycles. The molecule has 1 amide bonds. The van der Waals surface area contributed by atoms with Crippen LogP contribution in [0.3, 0.4) is 0 Å². The standard InChI is InChI=1S/C25H35N3O3S/c1-4-5-7-20-10-12-23(13-11-20)27-32(30,31)24-9-6-8-22(16-24)25(29)26-17-21-14-15-28(18-21)19(2)3/h6,8-13,16,19,21,27H,4-5,7,14-15,17-18H2,1-3H3,(H,26,29). The first-order valence-corrected chi connectivity index (χ1v) is 13.0. The minimum absolute atomic E-state index is 0.0760. The summed E-state index contributed by atoms with van der Waals surface area (Å²) in [4.78, 5) is 15.1. The van der Waals surface area contributed by atoms with E-state index in [0.29, 0.717) is 29.8 Å². The van der Waals surface area contributed by atoms with Crippen LogP contribution in [0.4, 0.5) is 5.69 Å². The van der Waals surface area contributed by atoms with E-state index in [4.69, 9.17) is 0 Å². The van der Waals surface area contributed by atoms with Crippen molar-refractivity contribution in [2.45, 2.75) is 57.4 Å². The Kier molecular flexibility index (Phi) is 8.32. The SMILES string of the molecule is CCCCc1ccc(NS(=O)(=O)c2cccc(C(=O)NCC3CCN(C(C)C)C3)c2)cc1. The quantitative estimate of drug-likeness (QED) is 0.558. The predicted octanol–water partition coefficient (Wildman–Crippen LogP) is 4.29. The molecule has 7 heteroatoms. The number of sulfonamides is 1. The fraction of sp³-hybridized carbons (Fsp3) is 0.480. The van der Waals surface area contributed by atoms with Crippen LogP contribution in [-0.2, 0) is 16.4 Å². The van der Waals surface area contributed by atoms with Crippen molar-refractivity contribution in [3.8, 4) is 0 Å². The lowest BCUT2D eigenvalue weighted by molar-refractivity contribution is 0.0947. The number of nitrogens with one attached hydrogen (secondary N) is 2. The van der Waals surface area contributed by atoms with Crippen LogP contribution < -0.4 is 10.0 Å². The third-order valence-corrected chi connectivity index (χ3v) is 7.41. The number of hydrogen-bond acceptors (Lipinski definition) is 4. The minimum atomic E-state index is -3.78. The summed E-state index contributed by atoms with van der Waals surface area (Å²) in [5, 5.41) is 2.97. The Balaban J connectivity index is 1.60. The van der Waals surface area contributed by atoms with Gasteiger partial charge in [0.05, 0.1) is 4.90 Å². The number of amides is 1. The van der Waals surface area contributed by atoms with Gasteiger partial charge in [0.25, 0.3) is 15.9 Å². The number of benzene rings is 2. The van der Waals surface area contributed by atoms with Crippen LogP contribution in [0.5, 0.6) is 0 Å². The molecule has 0 spiro atoms. The van der Waals surface area contributed by atoms with Crippen LogP contribution in [0.25, 0.3) is 0 Å². The number of unbranched alkanes of at least 4 members (excludes halogenated alkanes) is 1. The summed E-state index contributed by atoms with van der Waals surface area (Å²) in [5.74, 6) is 0.181. The van der Waals surface area contributed by atoms with Crippen LogP contribution in [0.1, 0.15) is 56.0 Å². The van der Waals surface area contributed by atoms with Gasteiger partial charge in [-0.3, -0.25) is 9.52 Å². The molecule has 1 fully saturated rings. The summed E-state index contributed by atoms with van der Waals surface area (Å²) in [6.07, 6.45) is 4.27. The van der Waals surface area contributed by atoms with Crippen LogP contribution in [0.2, 0.25) is 0 Å². The Labute approximate surface area is 192 Å². The predicted molar refractivity (Wildman–Crippen MR) is 129 cm³/mol. The van der Waals surface area contributed by atoms with Crippen LogP contribution in [0.15, 0.2) is 53.4 Å². The maximum Gasteiger partial charge on any atom is 0.261 e. The molecule has 32 heavy (non-hydrogen) atoms. The van der Waals surface area contributed by atoms with Crippen molar-refractivity contribution in [1.29, 1.82) is 0 Å². The number of carbonyl (C=O) groups excluding carboxylic acids is 1. The van der Waals surface area contributed by atoms with Crippen molar-refractivity contribution in [3.63, 3.8) is 0 Å². The molecule has 1 aliphatic heterocycles. The molecule has 1 unspecified atom stereocenters. The first-order chi connectivity index (χ1) is 15.3. The van der Waals surface area contributed by atoms with Gasteiger partial charge in [-0.25, -0.2) is 8.42 Å². The monoisotopic (exact) mass is 457 g/mol. The summed E-state index contributed by atoms with van der Waals surface area (Å²) in [6, 6.07) is 14.1. The van der Waals surface area contributed by atoms with Crippen LogP contribution >= 0.6 is 0 Å². The summed E-state index contributed by atoms with van der Waals surface area (Å²) in [6.45, 7) is 9.14. The second kappa shape index (κ2) is 11.0. The van der Waals surface area contributed by atoms with Crippen molar-refractivity contribution >= 4 is 21.6 Å². The normalized spacial score (nSPS) is 16.9. The Morgan fingerprint density at radius 3 is 2.56 bits per heavy atom. The largest absolute Gasteiger partial charge is 0.352 e. The summed E-state index contributed by atoms with van der Waals surface area (Å²) in [7, 11) is -3.78. The number of carbonyl (C=O) groups is 1. The number of nitrogens with zero attached hydrogens (tertiary/aromatic N) is 1. The van der Waals surface area contributed by atoms with E-state index < -0.39 is 10.0 Å². The molecule has 6 nitrogen and oxygen atoms in total. The number of aryl methyl sites for hydroxylation is 1. The maximum atomic E-state index is 12.9. The summed E-state index contributed by atoms with van der Waals surface area (Å²) < 4.78 is 28.3. The molecule has 1 heterocycles. The van der Waals surface area contributed by atoms with Gasteiger partial charge in [0.1, 0.15) is 0 Å². The van der Waals surface area contributed by atoms with Gasteiger partial charge >= 0.3 is 0 Å². The molecule has 2 aromatic rings. The van der Waals surface area contributed by atoms with Crippen LogP contribution in [0, 0.1) is 5.92 Å². The molecule has 0 bridgehead atoms. The molecule has 1 atom stereocenters. The van der Waals surface area contributed by atoms with E-state index in [9.17, 15) is 13.2 Å². The fourth-order valence-electron chi connectivity index (χ4n) is 3.98. The zero-order valence-electron chi connectivity index (χ0n) is 19.3. The zero-order valence-corrected chi connectivity index (χ0v) is 20.1. The Hall–Kier alpha value is -2.38. The third-order valence-electron chi connectivity index (χ3n) is 6.03. The minimum Gasteiger partial charge on any atom is -0.352 e. The molecule has 0 radical (unpaired) electrons. The van der Waals surface area contributed by atoms with Gasteiger partial charge in [0, 0.05) is 30.4 Å². The molecule has 2 N–H and O–H groups in total. The van der Waals surface area contributed by atoms with E-state index in [1.54, 1.807) is 24.3 Å². The molecular weight excluding hydrogens is 422 g/mol. The molecule has 0 aromatic heterocycles. The fourth-order valence-corrected chi connectivity index (χ4v) is 5.08. The number of rotatable bonds is 10.